The van der Waals surface area contributed by atoms with Gasteiger partial charge in [0.25, 0.3) is 0 Å². The van der Waals surface area contributed by atoms with E-state index in [9.17, 15) is 4.79 Å². The molecule has 0 aliphatic carbocycles. The summed E-state index contributed by atoms with van der Waals surface area (Å²) in [6.07, 6.45) is 2.54. The first-order valence-electron chi connectivity index (χ1n) is 5.23. The number of rotatable bonds is 5. The van der Waals surface area contributed by atoms with Crippen molar-refractivity contribution < 1.29 is 4.79 Å². The van der Waals surface area contributed by atoms with Crippen molar-refractivity contribution in [2.75, 3.05) is 32.6 Å². The highest BCUT2D eigenvalue weighted by Crippen LogP contribution is 2.12. The molecule has 0 aromatic carbocycles. The summed E-state index contributed by atoms with van der Waals surface area (Å²) in [6, 6.07) is 0. The fraction of sp³-hybridized carbons (Fsp3) is 0.900. The molecule has 1 N–H and O–H groups in total. The van der Waals surface area contributed by atoms with Gasteiger partial charge < -0.3 is 10.2 Å². The molecule has 0 aromatic rings. The van der Waals surface area contributed by atoms with Crippen LogP contribution in [0.1, 0.15) is 19.3 Å². The summed E-state index contributed by atoms with van der Waals surface area (Å²) in [6.45, 7) is 3.09. The van der Waals surface area contributed by atoms with Crippen LogP contribution in [0.5, 0.6) is 0 Å². The molecule has 0 spiro atoms. The second kappa shape index (κ2) is 6.25. The molecule has 1 rings (SSSR count). The van der Waals surface area contributed by atoms with Gasteiger partial charge in [-0.15, -0.1) is 11.6 Å². The van der Waals surface area contributed by atoms with Gasteiger partial charge in [0.1, 0.15) is 0 Å². The van der Waals surface area contributed by atoms with Crippen LogP contribution in [0.25, 0.3) is 0 Å². The van der Waals surface area contributed by atoms with Crippen LogP contribution in [0.3, 0.4) is 0 Å². The maximum absolute atomic E-state index is 11.3. The van der Waals surface area contributed by atoms with Crippen LogP contribution in [-0.4, -0.2) is 43.4 Å². The summed E-state index contributed by atoms with van der Waals surface area (Å²) < 4.78 is 0. The van der Waals surface area contributed by atoms with Crippen molar-refractivity contribution >= 4 is 17.5 Å². The van der Waals surface area contributed by atoms with Crippen molar-refractivity contribution in [2.24, 2.45) is 5.92 Å². The van der Waals surface area contributed by atoms with Crippen LogP contribution in [0.4, 0.5) is 0 Å². The first-order valence-corrected chi connectivity index (χ1v) is 5.77. The van der Waals surface area contributed by atoms with Crippen LogP contribution in [-0.2, 0) is 4.79 Å². The molecule has 14 heavy (non-hydrogen) atoms. The fourth-order valence-electron chi connectivity index (χ4n) is 1.77. The number of likely N-dealkylation sites (tertiary alicyclic amines) is 1. The number of carbonyl (C=O) groups excluding carboxylic acids is 1. The van der Waals surface area contributed by atoms with Crippen molar-refractivity contribution in [3.63, 3.8) is 0 Å². The molecule has 1 amide bonds. The lowest BCUT2D eigenvalue weighted by molar-refractivity contribution is -0.121. The molecule has 1 atom stereocenters. The minimum Gasteiger partial charge on any atom is -0.356 e. The minimum absolute atomic E-state index is 0.139. The number of hydrogen-bond donors (Lipinski definition) is 1. The Balaban J connectivity index is 2.05. The topological polar surface area (TPSA) is 32.3 Å². The van der Waals surface area contributed by atoms with E-state index in [0.717, 1.165) is 26.1 Å². The van der Waals surface area contributed by atoms with E-state index < -0.39 is 0 Å². The molecule has 82 valence electrons. The van der Waals surface area contributed by atoms with Crippen LogP contribution >= 0.6 is 11.6 Å². The van der Waals surface area contributed by atoms with Gasteiger partial charge in [0.2, 0.25) is 5.91 Å². The van der Waals surface area contributed by atoms with Gasteiger partial charge in [-0.2, -0.15) is 0 Å². The number of alkyl halides is 1. The largest absolute Gasteiger partial charge is 0.356 e. The zero-order chi connectivity index (χ0) is 10.4. The third kappa shape index (κ3) is 4.29. The molecule has 1 saturated heterocycles. The highest BCUT2D eigenvalue weighted by molar-refractivity contribution is 6.17. The zero-order valence-electron chi connectivity index (χ0n) is 8.76. The number of carbonyl (C=O) groups is 1. The Labute approximate surface area is 90.8 Å². The zero-order valence-corrected chi connectivity index (χ0v) is 9.52. The van der Waals surface area contributed by atoms with Crippen LogP contribution in [0, 0.1) is 5.92 Å². The molecule has 1 heterocycles. The van der Waals surface area contributed by atoms with Crippen molar-refractivity contribution in [1.29, 1.82) is 0 Å². The van der Waals surface area contributed by atoms with Crippen molar-refractivity contribution in [1.82, 2.24) is 10.2 Å². The first kappa shape index (κ1) is 11.8. The third-order valence-corrected chi connectivity index (χ3v) is 2.88. The summed E-state index contributed by atoms with van der Waals surface area (Å²) in [4.78, 5) is 13.6. The average Bonchev–Trinajstić information content (AvgIpc) is 2.58. The lowest BCUT2D eigenvalue weighted by atomic mass is 10.1. The maximum Gasteiger partial charge on any atom is 0.220 e. The van der Waals surface area contributed by atoms with E-state index in [4.69, 9.17) is 11.6 Å². The van der Waals surface area contributed by atoms with Gasteiger partial charge in [-0.3, -0.25) is 4.79 Å². The second-order valence-corrected chi connectivity index (χ2v) is 4.39. The van der Waals surface area contributed by atoms with Gasteiger partial charge >= 0.3 is 0 Å². The predicted octanol–water partition coefficient (Wildman–Crippen LogP) is 1.07. The Morgan fingerprint density at radius 3 is 3.00 bits per heavy atom. The Bertz CT molecular complexity index is 187. The third-order valence-electron chi connectivity index (χ3n) is 2.61. The average molecular weight is 219 g/mol. The monoisotopic (exact) mass is 218 g/mol. The molecule has 1 fully saturated rings. The van der Waals surface area contributed by atoms with Crippen LogP contribution in [0.15, 0.2) is 0 Å². The quantitative estimate of drug-likeness (QED) is 0.701. The molecule has 0 saturated carbocycles. The Kier molecular flexibility index (Phi) is 5.26. The molecule has 0 radical (unpaired) electrons. The SMILES string of the molecule is CN1CCC(CNC(=O)CCCCl)C1. The van der Waals surface area contributed by atoms with E-state index in [0.29, 0.717) is 18.2 Å². The fourth-order valence-corrected chi connectivity index (χ4v) is 1.90. The second-order valence-electron chi connectivity index (χ2n) is 4.01. The number of hydrogen-bond acceptors (Lipinski definition) is 2. The first-order chi connectivity index (χ1) is 6.72. The van der Waals surface area contributed by atoms with Crippen molar-refractivity contribution in [3.8, 4) is 0 Å². The van der Waals surface area contributed by atoms with Gasteiger partial charge in [-0.1, -0.05) is 0 Å². The summed E-state index contributed by atoms with van der Waals surface area (Å²) in [5.41, 5.74) is 0. The van der Waals surface area contributed by atoms with Gasteiger partial charge in [-0.25, -0.2) is 0 Å². The van der Waals surface area contributed by atoms with Crippen LogP contribution < -0.4 is 5.32 Å². The molecule has 3 nitrogen and oxygen atoms in total. The molecule has 1 unspecified atom stereocenters. The van der Waals surface area contributed by atoms with Gasteiger partial charge in [0.05, 0.1) is 0 Å². The number of halogens is 1. The lowest BCUT2D eigenvalue weighted by Crippen LogP contribution is -2.30. The highest BCUT2D eigenvalue weighted by atomic mass is 35.5. The maximum atomic E-state index is 11.3. The van der Waals surface area contributed by atoms with Crippen molar-refractivity contribution in [3.05, 3.63) is 0 Å². The summed E-state index contributed by atoms with van der Waals surface area (Å²) in [5.74, 6) is 1.35. The van der Waals surface area contributed by atoms with Crippen LogP contribution in [0.2, 0.25) is 0 Å². The summed E-state index contributed by atoms with van der Waals surface area (Å²) in [5, 5.41) is 2.96. The van der Waals surface area contributed by atoms with Crippen molar-refractivity contribution in [2.45, 2.75) is 19.3 Å². The van der Waals surface area contributed by atoms with E-state index in [2.05, 4.69) is 17.3 Å². The number of nitrogens with zero attached hydrogens (tertiary/aromatic N) is 1. The molecule has 4 heteroatoms. The summed E-state index contributed by atoms with van der Waals surface area (Å²) in [7, 11) is 2.12. The number of nitrogens with one attached hydrogen (secondary N) is 1. The minimum atomic E-state index is 0.139. The molecule has 1 aliphatic rings. The molecular weight excluding hydrogens is 200 g/mol. The van der Waals surface area contributed by atoms with Gasteiger partial charge in [-0.05, 0) is 32.4 Å². The van der Waals surface area contributed by atoms with E-state index >= 15 is 0 Å². The number of amides is 1. The highest BCUT2D eigenvalue weighted by Gasteiger charge is 2.19. The summed E-state index contributed by atoms with van der Waals surface area (Å²) >= 11 is 5.51. The van der Waals surface area contributed by atoms with E-state index in [1.54, 1.807) is 0 Å². The normalized spacial score (nSPS) is 22.6. The van der Waals surface area contributed by atoms with Gasteiger partial charge in [0, 0.05) is 25.4 Å². The van der Waals surface area contributed by atoms with E-state index in [-0.39, 0.29) is 5.91 Å². The predicted molar refractivity (Wildman–Crippen MR) is 58.6 cm³/mol. The van der Waals surface area contributed by atoms with Gasteiger partial charge in [0.15, 0.2) is 0 Å². The standard InChI is InChI=1S/C10H19ClN2O/c1-13-6-4-9(8-13)7-12-10(14)3-2-5-11/h9H,2-8H2,1H3,(H,12,14). The molecule has 0 aromatic heterocycles. The molecule has 0 bridgehead atoms. The Morgan fingerprint density at radius 1 is 1.64 bits per heavy atom. The Morgan fingerprint density at radius 2 is 2.43 bits per heavy atom. The smallest absolute Gasteiger partial charge is 0.220 e. The Hall–Kier alpha value is -0.280. The molecule has 1 aliphatic heterocycles. The van der Waals surface area contributed by atoms with E-state index in [1.807, 2.05) is 0 Å². The lowest BCUT2D eigenvalue weighted by Gasteiger charge is -2.11. The van der Waals surface area contributed by atoms with E-state index in [1.165, 1.54) is 6.42 Å². The molecular formula is C10H19ClN2O.